The van der Waals surface area contributed by atoms with Crippen molar-refractivity contribution in [1.29, 1.82) is 0 Å². The molecular weight excluding hydrogens is 468 g/mol. The molecule has 2 aromatic heterocycles. The number of hydrogen-bond donors (Lipinski definition) is 1. The lowest BCUT2D eigenvalue weighted by molar-refractivity contribution is -0.160. The number of aliphatic carboxylic acids is 1. The maximum Gasteiger partial charge on any atom is 0.337 e. The van der Waals surface area contributed by atoms with Gasteiger partial charge in [0.25, 0.3) is 0 Å². The number of carboxylic acid groups (broad SMARTS) is 1. The number of hydrogen-bond acceptors (Lipinski definition) is 5. The molecule has 7 nitrogen and oxygen atoms in total. The molecule has 0 radical (unpaired) electrons. The molecule has 7 heteroatoms. The quantitative estimate of drug-likeness (QED) is 0.428. The second kappa shape index (κ2) is 9.76. The van der Waals surface area contributed by atoms with E-state index in [0.29, 0.717) is 17.2 Å². The summed E-state index contributed by atoms with van der Waals surface area (Å²) in [6.07, 6.45) is 1.80. The summed E-state index contributed by atoms with van der Waals surface area (Å²) in [6.45, 7) is 15.0. The topological polar surface area (TPSA) is 82.8 Å². The van der Waals surface area contributed by atoms with Crippen molar-refractivity contribution in [3.05, 3.63) is 46.3 Å². The molecule has 1 atom stereocenters. The van der Waals surface area contributed by atoms with Crippen LogP contribution in [0.4, 0.5) is 0 Å². The van der Waals surface area contributed by atoms with Crippen LogP contribution in [0.2, 0.25) is 0 Å². The first-order chi connectivity index (χ1) is 17.5. The number of carboxylic acids is 1. The zero-order valence-electron chi connectivity index (χ0n) is 22.8. The zero-order valence-corrected chi connectivity index (χ0v) is 22.8. The number of fused-ring (bicyclic) bond motifs is 2. The van der Waals surface area contributed by atoms with Crippen LogP contribution in [0.1, 0.15) is 67.8 Å². The first-order valence-electron chi connectivity index (χ1n) is 13.3. The van der Waals surface area contributed by atoms with Crippen LogP contribution in [-0.4, -0.2) is 46.0 Å². The van der Waals surface area contributed by atoms with Crippen LogP contribution in [0.15, 0.2) is 18.2 Å². The van der Waals surface area contributed by atoms with Crippen molar-refractivity contribution in [3.63, 3.8) is 0 Å². The molecule has 2 aliphatic rings. The van der Waals surface area contributed by atoms with Crippen LogP contribution in [-0.2, 0) is 27.2 Å². The van der Waals surface area contributed by atoms with Gasteiger partial charge in [0.2, 0.25) is 0 Å². The Hall–Kier alpha value is -2.90. The lowest BCUT2D eigenvalue weighted by Crippen LogP contribution is -2.29. The van der Waals surface area contributed by atoms with Gasteiger partial charge >= 0.3 is 5.97 Å². The van der Waals surface area contributed by atoms with E-state index in [0.717, 1.165) is 90.4 Å². The Morgan fingerprint density at radius 2 is 2.00 bits per heavy atom. The van der Waals surface area contributed by atoms with E-state index in [4.69, 9.17) is 19.2 Å². The van der Waals surface area contributed by atoms with Crippen molar-refractivity contribution in [2.45, 2.75) is 79.1 Å². The smallest absolute Gasteiger partial charge is 0.337 e. The van der Waals surface area contributed by atoms with E-state index >= 15 is 0 Å². The van der Waals surface area contributed by atoms with Gasteiger partial charge in [0.15, 0.2) is 6.10 Å². The first kappa shape index (κ1) is 25.7. The Morgan fingerprint density at radius 1 is 1.24 bits per heavy atom. The number of rotatable bonds is 7. The second-order valence-electron chi connectivity index (χ2n) is 11.5. The molecule has 1 saturated heterocycles. The van der Waals surface area contributed by atoms with Crippen LogP contribution in [0.5, 0.6) is 5.75 Å². The fourth-order valence-electron chi connectivity index (χ4n) is 5.55. The highest BCUT2D eigenvalue weighted by atomic mass is 16.5. The largest absolute Gasteiger partial charge is 0.493 e. The van der Waals surface area contributed by atoms with Gasteiger partial charge in [0.1, 0.15) is 11.4 Å². The highest BCUT2D eigenvalue weighted by Crippen LogP contribution is 2.43. The lowest BCUT2D eigenvalue weighted by atomic mass is 9.89. The molecule has 0 bridgehead atoms. The monoisotopic (exact) mass is 506 g/mol. The summed E-state index contributed by atoms with van der Waals surface area (Å²) in [6, 6.07) is 6.24. The van der Waals surface area contributed by atoms with E-state index in [9.17, 15) is 9.90 Å². The number of nitrogens with zero attached hydrogens (tertiary/aromatic N) is 2. The van der Waals surface area contributed by atoms with Gasteiger partial charge in [-0.05, 0) is 89.6 Å². The first-order valence-corrected chi connectivity index (χ1v) is 13.3. The molecule has 1 fully saturated rings. The highest BCUT2D eigenvalue weighted by Gasteiger charge is 2.34. The number of aromatic nitrogens is 2. The molecule has 3 aromatic rings. The van der Waals surface area contributed by atoms with Gasteiger partial charge in [-0.1, -0.05) is 6.07 Å². The maximum absolute atomic E-state index is 12.7. The van der Waals surface area contributed by atoms with Gasteiger partial charge in [-0.2, -0.15) is 0 Å². The Morgan fingerprint density at radius 3 is 2.65 bits per heavy atom. The highest BCUT2D eigenvalue weighted by molar-refractivity contribution is 6.00. The number of benzene rings is 1. The van der Waals surface area contributed by atoms with Crippen LogP contribution in [0.3, 0.4) is 0 Å². The van der Waals surface area contributed by atoms with Crippen LogP contribution >= 0.6 is 0 Å². The van der Waals surface area contributed by atoms with E-state index in [2.05, 4.69) is 30.5 Å². The van der Waals surface area contributed by atoms with E-state index in [1.807, 2.05) is 33.8 Å². The third kappa shape index (κ3) is 4.87. The summed E-state index contributed by atoms with van der Waals surface area (Å²) < 4.78 is 19.7. The van der Waals surface area contributed by atoms with Crippen molar-refractivity contribution >= 4 is 17.0 Å². The molecule has 0 saturated carbocycles. The summed E-state index contributed by atoms with van der Waals surface area (Å²) in [4.78, 5) is 17.7. The molecule has 37 heavy (non-hydrogen) atoms. The van der Waals surface area contributed by atoms with Crippen LogP contribution in [0.25, 0.3) is 22.2 Å². The van der Waals surface area contributed by atoms with Gasteiger partial charge in [-0.15, -0.1) is 0 Å². The number of pyridine rings is 1. The Labute approximate surface area is 218 Å². The van der Waals surface area contributed by atoms with E-state index in [1.54, 1.807) is 0 Å². The summed E-state index contributed by atoms with van der Waals surface area (Å²) in [5.74, 6) is 0.474. The standard InChI is InChI=1S/C30H38N2O5/c1-17-19(3)32(12-11-20-15-35-16-20)28-24(17)26(22-9-10-23-21(14-22)8-7-13-36-23)25(18(2)31-28)27(29(33)34)37-30(4,5)6/h9-10,14,20,27H,7-8,11-13,15-16H2,1-6H3,(H,33,34)/t27-/m0/s1. The molecule has 1 N–H and O–H groups in total. The minimum atomic E-state index is -1.14. The predicted molar refractivity (Wildman–Crippen MR) is 143 cm³/mol. The molecular formula is C30H38N2O5. The Balaban J connectivity index is 1.77. The van der Waals surface area contributed by atoms with Gasteiger partial charge in [0, 0.05) is 40.4 Å². The molecule has 0 aliphatic carbocycles. The summed E-state index contributed by atoms with van der Waals surface area (Å²) >= 11 is 0. The SMILES string of the molecule is Cc1nc2c(c(C)c(C)n2CCC2COC2)c(-c2ccc3c(c2)CCCO3)c1[C@H](OC(C)(C)C)C(=O)O. The Bertz CT molecular complexity index is 1350. The summed E-state index contributed by atoms with van der Waals surface area (Å²) in [5.41, 5.74) is 6.87. The summed E-state index contributed by atoms with van der Waals surface area (Å²) in [7, 11) is 0. The summed E-state index contributed by atoms with van der Waals surface area (Å²) in [5, 5.41) is 11.4. The zero-order chi connectivity index (χ0) is 26.5. The normalized spacial score (nSPS) is 16.8. The van der Waals surface area contributed by atoms with Crippen molar-refractivity contribution in [2.24, 2.45) is 5.92 Å². The molecule has 1 aromatic carbocycles. The van der Waals surface area contributed by atoms with E-state index < -0.39 is 17.7 Å². The molecule has 2 aliphatic heterocycles. The lowest BCUT2D eigenvalue weighted by Gasteiger charge is -2.28. The van der Waals surface area contributed by atoms with E-state index in [-0.39, 0.29) is 0 Å². The molecule has 0 spiro atoms. The number of aryl methyl sites for hydroxylation is 4. The Kier molecular flexibility index (Phi) is 6.79. The third-order valence-corrected chi connectivity index (χ3v) is 7.61. The van der Waals surface area contributed by atoms with Gasteiger partial charge < -0.3 is 23.9 Å². The van der Waals surface area contributed by atoms with Crippen molar-refractivity contribution in [3.8, 4) is 16.9 Å². The van der Waals surface area contributed by atoms with Gasteiger partial charge in [0.05, 0.1) is 25.4 Å². The maximum atomic E-state index is 12.7. The van der Waals surface area contributed by atoms with Crippen LogP contribution < -0.4 is 4.74 Å². The minimum Gasteiger partial charge on any atom is -0.493 e. The third-order valence-electron chi connectivity index (χ3n) is 7.61. The molecule has 0 amide bonds. The molecule has 4 heterocycles. The number of ether oxygens (including phenoxy) is 3. The molecule has 198 valence electrons. The molecule has 0 unspecified atom stereocenters. The number of carbonyl (C=O) groups is 1. The minimum absolute atomic E-state index is 0.578. The average Bonchev–Trinajstić information content (AvgIpc) is 3.04. The van der Waals surface area contributed by atoms with Crippen LogP contribution in [0, 0.1) is 26.7 Å². The van der Waals surface area contributed by atoms with E-state index in [1.165, 1.54) is 0 Å². The average molecular weight is 507 g/mol. The van der Waals surface area contributed by atoms with Gasteiger partial charge in [-0.25, -0.2) is 9.78 Å². The van der Waals surface area contributed by atoms with Crippen molar-refractivity contribution in [1.82, 2.24) is 9.55 Å². The fourth-order valence-corrected chi connectivity index (χ4v) is 5.55. The van der Waals surface area contributed by atoms with Crippen molar-refractivity contribution < 1.29 is 24.1 Å². The van der Waals surface area contributed by atoms with Crippen molar-refractivity contribution in [2.75, 3.05) is 19.8 Å². The fraction of sp³-hybridized carbons (Fsp3) is 0.533. The molecule has 5 rings (SSSR count). The predicted octanol–water partition coefficient (Wildman–Crippen LogP) is 5.93. The van der Waals surface area contributed by atoms with Gasteiger partial charge in [-0.3, -0.25) is 0 Å². The second-order valence-corrected chi connectivity index (χ2v) is 11.5.